The second-order valence-electron chi connectivity index (χ2n) is 19.2. The lowest BCUT2D eigenvalue weighted by molar-refractivity contribution is -0.136. The van der Waals surface area contributed by atoms with E-state index >= 15 is 0 Å². The molecule has 0 spiro atoms. The molecule has 2 heterocycles. The summed E-state index contributed by atoms with van der Waals surface area (Å²) in [5.74, 6) is 4.46. The van der Waals surface area contributed by atoms with E-state index in [-0.39, 0.29) is 36.8 Å². The molecule has 0 radical (unpaired) electrons. The Morgan fingerprint density at radius 3 is 1.33 bits per heavy atom. The number of rotatable bonds is 16. The van der Waals surface area contributed by atoms with Gasteiger partial charge in [-0.05, 0) is 117 Å². The van der Waals surface area contributed by atoms with Gasteiger partial charge in [-0.3, -0.25) is 18.8 Å². The van der Waals surface area contributed by atoms with Crippen LogP contribution in [-0.4, -0.2) is 135 Å². The summed E-state index contributed by atoms with van der Waals surface area (Å²) in [7, 11) is -3.23. The van der Waals surface area contributed by atoms with Crippen LogP contribution in [0.4, 0.5) is 5.69 Å². The van der Waals surface area contributed by atoms with Crippen molar-refractivity contribution in [1.82, 2.24) is 9.97 Å². The van der Waals surface area contributed by atoms with Crippen molar-refractivity contribution < 1.29 is 42.6 Å². The van der Waals surface area contributed by atoms with Gasteiger partial charge >= 0.3 is 5.97 Å². The number of aromatic nitrogens is 2. The van der Waals surface area contributed by atoms with Crippen LogP contribution in [0.15, 0.2) is 96.4 Å². The number of hydrogen-bond donors (Lipinski definition) is 11. The largest absolute Gasteiger partial charge is 0.508 e. The SMILES string of the molecule is CCC.CCC(=O)O.CCC(CC)CC.CCC(N)=O.CCC(O)CC.CCC1CNc2ccccc21.CCCN=C(N)N.CCN.CCO.CCS.CCS(C)(=O)=O.CCS(C)=O.CCSC.CCc1ccc(O)cc1.CCc1ccccc1.CCc1cnc[nH]1. The second-order valence-corrected chi connectivity index (χ2v) is 25.1. The summed E-state index contributed by atoms with van der Waals surface area (Å²) in [6.45, 7) is 43.0. The summed E-state index contributed by atoms with van der Waals surface area (Å²) in [4.78, 5) is 29.5. The molecule has 2 unspecified atom stereocenters. The number of carboxylic acid groups (broad SMARTS) is 1. The van der Waals surface area contributed by atoms with E-state index in [1.54, 1.807) is 52.4 Å². The van der Waals surface area contributed by atoms with Crippen LogP contribution in [0.1, 0.15) is 231 Å². The van der Waals surface area contributed by atoms with Crippen LogP contribution in [0.5, 0.6) is 5.75 Å². The monoisotopic (exact) mass is 1380 g/mol. The van der Waals surface area contributed by atoms with E-state index in [4.69, 9.17) is 37.6 Å². The van der Waals surface area contributed by atoms with Crippen LogP contribution in [0.3, 0.4) is 0 Å². The summed E-state index contributed by atoms with van der Waals surface area (Å²) in [6.07, 6.45) is 21.7. The van der Waals surface area contributed by atoms with Crippen molar-refractivity contribution in [3.63, 3.8) is 0 Å². The fourth-order valence-corrected chi connectivity index (χ4v) is 5.04. The number of thiol groups is 1. The number of sulfone groups is 1. The number of phenolic OH excluding ortho intramolecular Hbond substituents is 1. The maximum atomic E-state index is 10.0. The number of aliphatic imine (C=N–C) groups is 1. The maximum absolute atomic E-state index is 10.0. The number of aromatic amines is 1. The Kier molecular flexibility index (Phi) is 115. The lowest BCUT2D eigenvalue weighted by atomic mass is 9.99. The van der Waals surface area contributed by atoms with Gasteiger partial charge < -0.3 is 53.7 Å². The first-order valence-corrected chi connectivity index (χ1v) is 39.0. The fourth-order valence-electron chi connectivity index (χ4n) is 5.04. The number of carbonyl (C=O) groups excluding carboxylic acids is 1. The number of carboxylic acids is 1. The Morgan fingerprint density at radius 2 is 1.12 bits per heavy atom. The van der Waals surface area contributed by atoms with Crippen molar-refractivity contribution in [1.29, 1.82) is 0 Å². The number of benzene rings is 3. The van der Waals surface area contributed by atoms with Crippen LogP contribution in [0.25, 0.3) is 0 Å². The van der Waals surface area contributed by atoms with Gasteiger partial charge in [-0.1, -0.05) is 218 Å². The number of aryl methyl sites for hydroxylation is 3. The first-order chi connectivity index (χ1) is 43.5. The molecule has 1 aliphatic heterocycles. The molecule has 0 aliphatic carbocycles. The molecule has 92 heavy (non-hydrogen) atoms. The number of guanidine groups is 1. The number of hydrogen-bond acceptors (Lipinski definition) is 14. The van der Waals surface area contributed by atoms with Crippen molar-refractivity contribution in [2.75, 3.05) is 73.3 Å². The Hall–Kier alpha value is -4.64. The van der Waals surface area contributed by atoms with E-state index in [2.05, 4.69) is 163 Å². The highest BCUT2D eigenvalue weighted by molar-refractivity contribution is 7.98. The molecular weight excluding hydrogens is 1240 g/mol. The third-order valence-corrected chi connectivity index (χ3v) is 13.5. The fraction of sp³-hybridized carbons (Fsp3) is 0.662. The van der Waals surface area contributed by atoms with Gasteiger partial charge in [0.25, 0.3) is 0 Å². The predicted octanol–water partition coefficient (Wildman–Crippen LogP) is 15.9. The number of anilines is 1. The summed E-state index contributed by atoms with van der Waals surface area (Å²) in [5, 5.41) is 36.2. The lowest BCUT2D eigenvalue weighted by Gasteiger charge is -2.05. The minimum absolute atomic E-state index is 0.0648. The number of thioether (sulfide) groups is 1. The highest BCUT2D eigenvalue weighted by atomic mass is 32.2. The Balaban J connectivity index is -0.0000000858. The van der Waals surface area contributed by atoms with Crippen molar-refractivity contribution in [3.8, 4) is 5.75 Å². The van der Waals surface area contributed by atoms with Gasteiger partial charge in [-0.15, -0.1) is 0 Å². The number of carbonyl (C=O) groups is 2. The molecule has 3 aromatic carbocycles. The normalized spacial score (nSPS) is 10.5. The summed E-state index contributed by atoms with van der Waals surface area (Å²) in [5.41, 5.74) is 26.2. The molecule has 0 saturated carbocycles. The topological polar surface area (TPSA) is 323 Å². The van der Waals surface area contributed by atoms with Gasteiger partial charge in [0.2, 0.25) is 5.91 Å². The number of amides is 1. The number of phenols is 1. The number of nitrogens with one attached hydrogen (secondary N) is 2. The summed E-state index contributed by atoms with van der Waals surface area (Å²) >= 11 is 5.65. The molecule has 17 nitrogen and oxygen atoms in total. The van der Waals surface area contributed by atoms with E-state index in [1.165, 1.54) is 72.2 Å². The van der Waals surface area contributed by atoms with Crippen LogP contribution in [0, 0.1) is 5.92 Å². The standard InChI is InChI=1S/C10H13N.C8H10O.C8H10.C7H16.C5H8N2.C5H12O.C4H11N3.C3H7NO.C3H8O2S.C3H6O2.C3H8OS.C3H8S.C3H8.C2H7N.C2H6O.C2H6S/c1-2-8-7-11-10-6-4-3-5-9(8)10;1-2-7-3-5-8(9)6-4-7;1-2-8-6-4-3-5-7-8;1-4-7(5-2)6-3;1-2-5-3-6-4-7-5;1-3-5(6)4-2;1-2-3-7-4(5)6;1-2-3(4)5;1-3-6(2,4)5;1-2-3(4)5;1-3-5(2)4;1-3-4-2;1-3-2;3*1-2-3/h3-6,8,11H,2,7H2,1H3;3-6,9H,2H2,1H3;3-7H,2H2,1H3;7H,4-6H2,1-3H3;3-4H,2H2,1H3,(H,6,7);5-6H,3-4H2,1-2H3;2-3H2,1H3,(H4,5,6,7);2H2,1H3,(H2,4,5);3H2,1-2H3;2H2,1H3,(H,4,5);3H2,1-2H3;3H2,1-2H3;3H2,1-2H3;2-3H2,1H3;2*3H,2H2,1H3. The molecule has 546 valence electrons. The second kappa shape index (κ2) is 95.1. The van der Waals surface area contributed by atoms with Gasteiger partial charge in [-0.25, -0.2) is 13.4 Å². The first kappa shape index (κ1) is 112. The van der Waals surface area contributed by atoms with Crippen LogP contribution >= 0.6 is 24.4 Å². The Bertz CT molecular complexity index is 2090. The number of para-hydroxylation sites is 1. The first-order valence-electron chi connectivity index (χ1n) is 33.2. The number of aromatic hydroxyl groups is 1. The highest BCUT2D eigenvalue weighted by Crippen LogP contribution is 2.32. The predicted molar refractivity (Wildman–Crippen MR) is 416 cm³/mol. The van der Waals surface area contributed by atoms with Crippen molar-refractivity contribution in [3.05, 3.63) is 114 Å². The van der Waals surface area contributed by atoms with Crippen molar-refractivity contribution >= 4 is 68.6 Å². The number of fused-ring (bicyclic) bond motifs is 1. The van der Waals surface area contributed by atoms with Gasteiger partial charge in [0.15, 0.2) is 5.96 Å². The third kappa shape index (κ3) is 116. The van der Waals surface area contributed by atoms with E-state index in [9.17, 15) is 22.2 Å². The minimum Gasteiger partial charge on any atom is -0.508 e. The lowest BCUT2D eigenvalue weighted by Crippen LogP contribution is -2.22. The van der Waals surface area contributed by atoms with E-state index in [1.807, 2.05) is 77.7 Å². The average Bonchev–Trinajstić information content (AvgIpc) is 1.79. The van der Waals surface area contributed by atoms with E-state index in [0.29, 0.717) is 12.2 Å². The molecule has 0 saturated heterocycles. The van der Waals surface area contributed by atoms with E-state index in [0.717, 1.165) is 81.5 Å². The zero-order valence-electron chi connectivity index (χ0n) is 62.4. The van der Waals surface area contributed by atoms with Gasteiger partial charge in [0, 0.05) is 90.9 Å². The van der Waals surface area contributed by atoms with Gasteiger partial charge in [0.05, 0.1) is 12.4 Å². The molecule has 4 aromatic rings. The number of H-pyrrole nitrogens is 1. The minimum atomic E-state index is -2.66. The molecule has 0 bridgehead atoms. The molecule has 21 heteroatoms. The number of nitrogens with zero attached hydrogens (tertiary/aromatic N) is 2. The van der Waals surface area contributed by atoms with Crippen molar-refractivity contribution in [2.45, 2.75) is 234 Å². The molecule has 5 rings (SSSR count). The smallest absolute Gasteiger partial charge is 0.303 e. The number of nitrogens with two attached hydrogens (primary N) is 4. The molecule has 0 fully saturated rings. The molecule has 1 amide bonds. The molecular formula is C71H144N8O9S4. The third-order valence-electron chi connectivity index (χ3n) is 11.0. The number of aliphatic hydroxyl groups is 2. The summed E-state index contributed by atoms with van der Waals surface area (Å²) < 4.78 is 29.9. The number of aliphatic hydroxyl groups excluding tert-OH is 2. The van der Waals surface area contributed by atoms with Crippen LogP contribution < -0.4 is 28.3 Å². The van der Waals surface area contributed by atoms with Gasteiger partial charge in [0.1, 0.15) is 15.6 Å². The summed E-state index contributed by atoms with van der Waals surface area (Å²) in [6, 6.07) is 26.3. The van der Waals surface area contributed by atoms with Gasteiger partial charge in [-0.2, -0.15) is 24.4 Å². The Labute approximate surface area is 578 Å². The number of imidazole rings is 1. The molecule has 14 N–H and O–H groups in total. The molecule has 2 atom stereocenters. The zero-order chi connectivity index (χ0) is 74.0. The van der Waals surface area contributed by atoms with Crippen molar-refractivity contribution in [2.24, 2.45) is 33.8 Å². The number of aliphatic carboxylic acids is 1. The highest BCUT2D eigenvalue weighted by Gasteiger charge is 2.18. The molecule has 1 aromatic heterocycles. The zero-order valence-corrected chi connectivity index (χ0v) is 65.8. The number of primary amides is 1. The van der Waals surface area contributed by atoms with Crippen LogP contribution in [-0.2, 0) is 49.5 Å². The van der Waals surface area contributed by atoms with Crippen LogP contribution in [0.2, 0.25) is 0 Å². The quantitative estimate of drug-likeness (QED) is 0.0282. The average molecular weight is 1380 g/mol. The Morgan fingerprint density at radius 1 is 0.739 bits per heavy atom. The molecule has 1 aliphatic rings. The van der Waals surface area contributed by atoms with E-state index < -0.39 is 26.6 Å². The maximum Gasteiger partial charge on any atom is 0.303 e.